The van der Waals surface area contributed by atoms with Gasteiger partial charge in [0.25, 0.3) is 0 Å². The lowest BCUT2D eigenvalue weighted by Crippen LogP contribution is -2.39. The van der Waals surface area contributed by atoms with Crippen LogP contribution in [0.25, 0.3) is 0 Å². The lowest BCUT2D eigenvalue weighted by molar-refractivity contribution is 0.147. The minimum Gasteiger partial charge on any atom is -0.387 e. The predicted molar refractivity (Wildman–Crippen MR) is 73.3 cm³/mol. The van der Waals surface area contributed by atoms with E-state index in [0.29, 0.717) is 18.0 Å². The van der Waals surface area contributed by atoms with Gasteiger partial charge in [0.1, 0.15) is 0 Å². The van der Waals surface area contributed by atoms with E-state index < -0.39 is 0 Å². The van der Waals surface area contributed by atoms with Gasteiger partial charge in [-0.25, -0.2) is 0 Å². The molecule has 0 saturated heterocycles. The summed E-state index contributed by atoms with van der Waals surface area (Å²) in [4.78, 5) is 0. The van der Waals surface area contributed by atoms with E-state index in [0.717, 1.165) is 5.56 Å². The Kier molecular flexibility index (Phi) is 4.23. The number of hydrogen-bond acceptors (Lipinski definition) is 3. The summed E-state index contributed by atoms with van der Waals surface area (Å²) in [5.74, 6) is 0. The van der Waals surface area contributed by atoms with Gasteiger partial charge in [0.15, 0.2) is 0 Å². The summed E-state index contributed by atoms with van der Waals surface area (Å²) in [6.45, 7) is 5.36. The Bertz CT molecular complexity index is 334. The molecule has 0 spiro atoms. The molecule has 3 heteroatoms. The summed E-state index contributed by atoms with van der Waals surface area (Å²) in [7, 11) is 0. The quantitative estimate of drug-likeness (QED) is 0.862. The van der Waals surface area contributed by atoms with Gasteiger partial charge in [-0.1, -0.05) is 20.3 Å². The molecule has 2 nitrogen and oxygen atoms in total. The second kappa shape index (κ2) is 5.51. The highest BCUT2D eigenvalue weighted by molar-refractivity contribution is 7.07. The number of aliphatic hydroxyl groups is 1. The number of hydrogen-bond donors (Lipinski definition) is 2. The Balaban J connectivity index is 1.78. The molecule has 0 aromatic carbocycles. The third-order valence-corrected chi connectivity index (χ3v) is 4.43. The molecule has 0 bridgehead atoms. The van der Waals surface area contributed by atoms with E-state index >= 15 is 0 Å². The molecular weight excluding hydrogens is 230 g/mol. The maximum atomic E-state index is 10.0. The molecule has 0 amide bonds. The Labute approximate surface area is 108 Å². The van der Waals surface area contributed by atoms with E-state index in [-0.39, 0.29) is 6.10 Å². The smallest absolute Gasteiger partial charge is 0.0922 e. The summed E-state index contributed by atoms with van der Waals surface area (Å²) in [6, 6.07) is 2.58. The zero-order chi connectivity index (χ0) is 12.3. The maximum absolute atomic E-state index is 10.0. The van der Waals surface area contributed by atoms with Crippen molar-refractivity contribution in [3.63, 3.8) is 0 Å². The Morgan fingerprint density at radius 1 is 1.59 bits per heavy atom. The van der Waals surface area contributed by atoms with E-state index in [1.807, 2.05) is 16.8 Å². The molecule has 1 heterocycles. The van der Waals surface area contributed by atoms with Crippen molar-refractivity contribution in [1.29, 1.82) is 0 Å². The van der Waals surface area contributed by atoms with Crippen LogP contribution >= 0.6 is 11.3 Å². The molecule has 1 aliphatic rings. The minimum absolute atomic E-state index is 0.355. The molecule has 2 N–H and O–H groups in total. The summed E-state index contributed by atoms with van der Waals surface area (Å²) < 4.78 is 0. The molecule has 0 radical (unpaired) electrons. The fourth-order valence-corrected chi connectivity index (χ4v) is 3.44. The number of aliphatic hydroxyl groups excluding tert-OH is 1. The zero-order valence-electron chi connectivity index (χ0n) is 10.8. The average molecular weight is 253 g/mol. The van der Waals surface area contributed by atoms with Crippen molar-refractivity contribution in [1.82, 2.24) is 5.32 Å². The van der Waals surface area contributed by atoms with Crippen LogP contribution in [0, 0.1) is 5.41 Å². The molecule has 0 aliphatic heterocycles. The molecule has 1 aliphatic carbocycles. The standard InChI is InChI=1S/C14H23NOS/c1-14(2)6-3-4-12(8-14)15-9-13(16)11-5-7-17-10-11/h5,7,10,12-13,15-16H,3-4,6,8-9H2,1-2H3. The number of nitrogens with one attached hydrogen (secondary N) is 1. The van der Waals surface area contributed by atoms with E-state index in [1.54, 1.807) is 11.3 Å². The molecule has 96 valence electrons. The SMILES string of the molecule is CC1(C)CCCC(NCC(O)c2ccsc2)C1. The molecule has 1 aromatic rings. The van der Waals surface area contributed by atoms with Gasteiger partial charge in [-0.3, -0.25) is 0 Å². The van der Waals surface area contributed by atoms with Crippen LogP contribution in [-0.2, 0) is 0 Å². The molecule has 2 rings (SSSR count). The largest absolute Gasteiger partial charge is 0.387 e. The van der Waals surface area contributed by atoms with Crippen molar-refractivity contribution in [2.45, 2.75) is 51.7 Å². The van der Waals surface area contributed by atoms with Gasteiger partial charge in [0.2, 0.25) is 0 Å². The van der Waals surface area contributed by atoms with E-state index in [4.69, 9.17) is 0 Å². The Morgan fingerprint density at radius 2 is 2.41 bits per heavy atom. The zero-order valence-corrected chi connectivity index (χ0v) is 11.6. The van der Waals surface area contributed by atoms with Gasteiger partial charge in [-0.15, -0.1) is 0 Å². The van der Waals surface area contributed by atoms with Crippen LogP contribution < -0.4 is 5.32 Å². The predicted octanol–water partition coefficient (Wildman–Crippen LogP) is 3.34. The van der Waals surface area contributed by atoms with Crippen molar-refractivity contribution >= 4 is 11.3 Å². The molecule has 1 aromatic heterocycles. The van der Waals surface area contributed by atoms with Crippen molar-refractivity contribution < 1.29 is 5.11 Å². The number of thiophene rings is 1. The fraction of sp³-hybridized carbons (Fsp3) is 0.714. The third-order valence-electron chi connectivity index (χ3n) is 3.73. The molecule has 2 unspecified atom stereocenters. The maximum Gasteiger partial charge on any atom is 0.0922 e. The van der Waals surface area contributed by atoms with Gasteiger partial charge >= 0.3 is 0 Å². The minimum atomic E-state index is -0.355. The van der Waals surface area contributed by atoms with Crippen LogP contribution in [0.4, 0.5) is 0 Å². The van der Waals surface area contributed by atoms with Gasteiger partial charge in [0.05, 0.1) is 6.10 Å². The summed E-state index contributed by atoms with van der Waals surface area (Å²) in [6.07, 6.45) is 4.76. The van der Waals surface area contributed by atoms with Gasteiger partial charge < -0.3 is 10.4 Å². The van der Waals surface area contributed by atoms with Crippen LogP contribution in [-0.4, -0.2) is 17.7 Å². The van der Waals surface area contributed by atoms with Crippen LogP contribution in [0.3, 0.4) is 0 Å². The second-order valence-electron chi connectivity index (χ2n) is 5.94. The van der Waals surface area contributed by atoms with E-state index in [9.17, 15) is 5.11 Å². The van der Waals surface area contributed by atoms with Gasteiger partial charge in [-0.05, 0) is 47.1 Å². The summed E-state index contributed by atoms with van der Waals surface area (Å²) in [5, 5.41) is 17.6. The van der Waals surface area contributed by atoms with Gasteiger partial charge in [-0.2, -0.15) is 11.3 Å². The molecule has 17 heavy (non-hydrogen) atoms. The highest BCUT2D eigenvalue weighted by atomic mass is 32.1. The highest BCUT2D eigenvalue weighted by Gasteiger charge is 2.27. The molecule has 1 saturated carbocycles. The monoisotopic (exact) mass is 253 g/mol. The van der Waals surface area contributed by atoms with Crippen molar-refractivity contribution in [3.05, 3.63) is 22.4 Å². The first-order valence-electron chi connectivity index (χ1n) is 6.50. The van der Waals surface area contributed by atoms with Gasteiger partial charge in [0, 0.05) is 12.6 Å². The van der Waals surface area contributed by atoms with Crippen LogP contribution in [0.1, 0.15) is 51.2 Å². The van der Waals surface area contributed by atoms with Crippen molar-refractivity contribution in [2.75, 3.05) is 6.54 Å². The second-order valence-corrected chi connectivity index (χ2v) is 6.72. The topological polar surface area (TPSA) is 32.3 Å². The third kappa shape index (κ3) is 3.80. The van der Waals surface area contributed by atoms with E-state index in [1.165, 1.54) is 25.7 Å². The molecule has 2 atom stereocenters. The Hall–Kier alpha value is -0.380. The number of rotatable bonds is 4. The fourth-order valence-electron chi connectivity index (χ4n) is 2.73. The highest BCUT2D eigenvalue weighted by Crippen LogP contribution is 2.35. The van der Waals surface area contributed by atoms with Crippen LogP contribution in [0.2, 0.25) is 0 Å². The van der Waals surface area contributed by atoms with E-state index in [2.05, 4.69) is 19.2 Å². The Morgan fingerprint density at radius 3 is 3.06 bits per heavy atom. The van der Waals surface area contributed by atoms with Crippen LogP contribution in [0.15, 0.2) is 16.8 Å². The average Bonchev–Trinajstić information content (AvgIpc) is 2.78. The van der Waals surface area contributed by atoms with Crippen LogP contribution in [0.5, 0.6) is 0 Å². The molecular formula is C14H23NOS. The first-order chi connectivity index (χ1) is 8.07. The first kappa shape index (κ1) is 13.1. The normalized spacial score (nSPS) is 25.7. The molecule has 1 fully saturated rings. The lowest BCUT2D eigenvalue weighted by atomic mass is 9.75. The van der Waals surface area contributed by atoms with Crippen molar-refractivity contribution in [3.8, 4) is 0 Å². The van der Waals surface area contributed by atoms with Crippen molar-refractivity contribution in [2.24, 2.45) is 5.41 Å². The summed E-state index contributed by atoms with van der Waals surface area (Å²) in [5.41, 5.74) is 1.50. The lowest BCUT2D eigenvalue weighted by Gasteiger charge is -2.36. The summed E-state index contributed by atoms with van der Waals surface area (Å²) >= 11 is 1.64. The first-order valence-corrected chi connectivity index (χ1v) is 7.45.